The predicted octanol–water partition coefficient (Wildman–Crippen LogP) is 4.02. The molecule has 0 aliphatic rings. The van der Waals surface area contributed by atoms with E-state index in [-0.39, 0.29) is 5.75 Å². The molecule has 19 heavy (non-hydrogen) atoms. The van der Waals surface area contributed by atoms with Gasteiger partial charge in [-0.2, -0.15) is 0 Å². The van der Waals surface area contributed by atoms with Crippen molar-refractivity contribution in [2.75, 3.05) is 6.54 Å². The fraction of sp³-hybridized carbons (Fsp3) is 0.143. The Kier molecular flexibility index (Phi) is 4.50. The first-order valence-electron chi connectivity index (χ1n) is 5.71. The van der Waals surface area contributed by atoms with E-state index in [1.807, 2.05) is 6.07 Å². The van der Waals surface area contributed by atoms with Crippen molar-refractivity contribution in [1.82, 2.24) is 0 Å². The van der Waals surface area contributed by atoms with Crippen LogP contribution in [-0.2, 0) is 6.42 Å². The van der Waals surface area contributed by atoms with Crippen LogP contribution in [0.15, 0.2) is 40.9 Å². The second kappa shape index (κ2) is 6.12. The lowest BCUT2D eigenvalue weighted by molar-refractivity contribution is 0.468. The second-order valence-electron chi connectivity index (χ2n) is 4.00. The molecule has 2 nitrogen and oxygen atoms in total. The van der Waals surface area contributed by atoms with Crippen molar-refractivity contribution in [2.24, 2.45) is 5.73 Å². The minimum Gasteiger partial charge on any atom is -0.457 e. The first-order chi connectivity index (χ1) is 9.08. The summed E-state index contributed by atoms with van der Waals surface area (Å²) in [5.41, 5.74) is 6.54. The molecule has 0 saturated carbocycles. The number of hydrogen-bond donors (Lipinski definition) is 1. The van der Waals surface area contributed by atoms with Crippen LogP contribution in [0.4, 0.5) is 8.78 Å². The molecule has 0 spiro atoms. The fourth-order valence-electron chi connectivity index (χ4n) is 1.67. The normalized spacial score (nSPS) is 10.5. The average molecular weight is 328 g/mol. The van der Waals surface area contributed by atoms with Crippen LogP contribution in [0.5, 0.6) is 11.5 Å². The van der Waals surface area contributed by atoms with Gasteiger partial charge in [0.25, 0.3) is 0 Å². The zero-order chi connectivity index (χ0) is 13.8. The van der Waals surface area contributed by atoms with E-state index in [4.69, 9.17) is 10.5 Å². The van der Waals surface area contributed by atoms with Crippen LogP contribution in [0.2, 0.25) is 0 Å². The number of halogens is 3. The summed E-state index contributed by atoms with van der Waals surface area (Å²) in [7, 11) is 0. The van der Waals surface area contributed by atoms with Gasteiger partial charge in [0.05, 0.1) is 0 Å². The van der Waals surface area contributed by atoms with Crippen LogP contribution >= 0.6 is 15.9 Å². The number of rotatable bonds is 4. The Balaban J connectivity index is 2.21. The van der Waals surface area contributed by atoms with Gasteiger partial charge < -0.3 is 10.5 Å². The van der Waals surface area contributed by atoms with Crippen molar-refractivity contribution in [3.8, 4) is 11.5 Å². The van der Waals surface area contributed by atoms with Gasteiger partial charge in [-0.3, -0.25) is 0 Å². The summed E-state index contributed by atoms with van der Waals surface area (Å²) in [6.07, 6.45) is 0.745. The monoisotopic (exact) mass is 327 g/mol. The lowest BCUT2D eigenvalue weighted by Gasteiger charge is -2.09. The number of nitrogens with two attached hydrogens (primary N) is 1. The molecule has 0 aromatic heterocycles. The maximum atomic E-state index is 13.0. The summed E-state index contributed by atoms with van der Waals surface area (Å²) in [5.74, 6) is -0.726. The van der Waals surface area contributed by atoms with E-state index in [2.05, 4.69) is 15.9 Å². The Morgan fingerprint density at radius 3 is 2.26 bits per heavy atom. The van der Waals surface area contributed by atoms with Gasteiger partial charge in [-0.25, -0.2) is 8.78 Å². The van der Waals surface area contributed by atoms with Gasteiger partial charge in [0.1, 0.15) is 23.1 Å². The largest absolute Gasteiger partial charge is 0.457 e. The molecular formula is C14H12BrF2NO. The Morgan fingerprint density at radius 2 is 1.68 bits per heavy atom. The molecule has 0 bridgehead atoms. The van der Waals surface area contributed by atoms with E-state index >= 15 is 0 Å². The summed E-state index contributed by atoms with van der Waals surface area (Å²) < 4.78 is 32.3. The quantitative estimate of drug-likeness (QED) is 0.920. The first-order valence-corrected chi connectivity index (χ1v) is 6.50. The standard InChI is InChI=1S/C14H12BrF2NO/c15-14-8-12(2-1-9(14)3-4-18)19-13-6-10(16)5-11(17)7-13/h1-2,5-8H,3-4,18H2. The molecule has 0 unspecified atom stereocenters. The topological polar surface area (TPSA) is 35.2 Å². The van der Waals surface area contributed by atoms with Gasteiger partial charge in [0.2, 0.25) is 0 Å². The van der Waals surface area contributed by atoms with Crippen molar-refractivity contribution in [3.05, 3.63) is 58.1 Å². The Bertz CT molecular complexity index is 569. The molecule has 100 valence electrons. The molecule has 0 fully saturated rings. The van der Waals surface area contributed by atoms with Gasteiger partial charge in [-0.15, -0.1) is 0 Å². The van der Waals surface area contributed by atoms with Crippen LogP contribution in [0.25, 0.3) is 0 Å². The third kappa shape index (κ3) is 3.75. The number of ether oxygens (including phenoxy) is 1. The third-order valence-electron chi connectivity index (χ3n) is 2.51. The summed E-state index contributed by atoms with van der Waals surface area (Å²) >= 11 is 3.41. The number of hydrogen-bond acceptors (Lipinski definition) is 2. The third-order valence-corrected chi connectivity index (χ3v) is 3.25. The molecule has 2 N–H and O–H groups in total. The zero-order valence-electron chi connectivity index (χ0n) is 10.00. The van der Waals surface area contributed by atoms with E-state index < -0.39 is 11.6 Å². The Labute approximate surface area is 118 Å². The van der Waals surface area contributed by atoms with E-state index in [1.54, 1.807) is 12.1 Å². The highest BCUT2D eigenvalue weighted by Crippen LogP contribution is 2.28. The van der Waals surface area contributed by atoms with Crippen molar-refractivity contribution in [1.29, 1.82) is 0 Å². The smallest absolute Gasteiger partial charge is 0.133 e. The lowest BCUT2D eigenvalue weighted by Crippen LogP contribution is -2.03. The summed E-state index contributed by atoms with van der Waals surface area (Å²) in [6.45, 7) is 0.550. The van der Waals surface area contributed by atoms with E-state index in [0.717, 1.165) is 34.7 Å². The fourth-order valence-corrected chi connectivity index (χ4v) is 2.23. The van der Waals surface area contributed by atoms with Crippen LogP contribution in [0.3, 0.4) is 0 Å². The molecular weight excluding hydrogens is 316 g/mol. The molecule has 2 aromatic rings. The Hall–Kier alpha value is -1.46. The molecule has 0 amide bonds. The average Bonchev–Trinajstić information content (AvgIpc) is 2.31. The highest BCUT2D eigenvalue weighted by Gasteiger charge is 2.05. The lowest BCUT2D eigenvalue weighted by atomic mass is 10.1. The van der Waals surface area contributed by atoms with Gasteiger partial charge in [0.15, 0.2) is 0 Å². The van der Waals surface area contributed by atoms with E-state index in [9.17, 15) is 8.78 Å². The highest BCUT2D eigenvalue weighted by molar-refractivity contribution is 9.10. The summed E-state index contributed by atoms with van der Waals surface area (Å²) in [4.78, 5) is 0. The molecule has 0 heterocycles. The maximum absolute atomic E-state index is 13.0. The molecule has 5 heteroatoms. The molecule has 2 aromatic carbocycles. The van der Waals surface area contributed by atoms with E-state index in [0.29, 0.717) is 12.3 Å². The zero-order valence-corrected chi connectivity index (χ0v) is 11.6. The van der Waals surface area contributed by atoms with Crippen molar-refractivity contribution in [3.63, 3.8) is 0 Å². The van der Waals surface area contributed by atoms with Crippen molar-refractivity contribution >= 4 is 15.9 Å². The van der Waals surface area contributed by atoms with Crippen LogP contribution in [0.1, 0.15) is 5.56 Å². The number of benzene rings is 2. The van der Waals surface area contributed by atoms with Crippen molar-refractivity contribution < 1.29 is 13.5 Å². The van der Waals surface area contributed by atoms with Crippen molar-refractivity contribution in [2.45, 2.75) is 6.42 Å². The van der Waals surface area contributed by atoms with Crippen LogP contribution in [0, 0.1) is 11.6 Å². The van der Waals surface area contributed by atoms with Crippen LogP contribution in [-0.4, -0.2) is 6.54 Å². The van der Waals surface area contributed by atoms with E-state index in [1.165, 1.54) is 0 Å². The van der Waals surface area contributed by atoms with Gasteiger partial charge in [-0.1, -0.05) is 22.0 Å². The molecule has 0 atom stereocenters. The predicted molar refractivity (Wildman–Crippen MR) is 73.3 cm³/mol. The van der Waals surface area contributed by atoms with Crippen LogP contribution < -0.4 is 10.5 Å². The first kappa shape index (κ1) is 14.0. The summed E-state index contributed by atoms with van der Waals surface area (Å²) in [6, 6.07) is 8.40. The highest BCUT2D eigenvalue weighted by atomic mass is 79.9. The molecule has 2 rings (SSSR count). The Morgan fingerprint density at radius 1 is 1.00 bits per heavy atom. The van der Waals surface area contributed by atoms with Gasteiger partial charge in [-0.05, 0) is 30.7 Å². The molecule has 0 aliphatic heterocycles. The summed E-state index contributed by atoms with van der Waals surface area (Å²) in [5, 5.41) is 0. The second-order valence-corrected chi connectivity index (χ2v) is 4.85. The van der Waals surface area contributed by atoms with Gasteiger partial charge in [0, 0.05) is 22.7 Å². The minimum atomic E-state index is -0.672. The maximum Gasteiger partial charge on any atom is 0.133 e. The molecule has 0 aliphatic carbocycles. The minimum absolute atomic E-state index is 0.121. The molecule has 0 radical (unpaired) electrons. The molecule has 0 saturated heterocycles. The SMILES string of the molecule is NCCc1ccc(Oc2cc(F)cc(F)c2)cc1Br. The van der Waals surface area contributed by atoms with Gasteiger partial charge >= 0.3 is 0 Å².